The van der Waals surface area contributed by atoms with Crippen molar-refractivity contribution < 1.29 is 9.47 Å². The number of morpholine rings is 1. The van der Waals surface area contributed by atoms with Crippen LogP contribution < -0.4 is 5.32 Å². The quantitative estimate of drug-likeness (QED) is 0.599. The number of aliphatic imine (C=N–C) groups is 1. The SMILES string of the molecule is CCNC(=NCC1CCN(C2CC2)C1)N1CCOC(C2CCCO2)C1. The Morgan fingerprint density at radius 2 is 1.92 bits per heavy atom. The monoisotopic (exact) mass is 350 g/mol. The van der Waals surface area contributed by atoms with Crippen LogP contribution in [0.15, 0.2) is 4.99 Å². The number of guanidine groups is 1. The average molecular weight is 351 g/mol. The van der Waals surface area contributed by atoms with E-state index in [9.17, 15) is 0 Å². The summed E-state index contributed by atoms with van der Waals surface area (Å²) in [7, 11) is 0. The summed E-state index contributed by atoms with van der Waals surface area (Å²) in [5.74, 6) is 1.79. The number of likely N-dealkylation sites (tertiary alicyclic amines) is 1. The number of ether oxygens (including phenoxy) is 2. The van der Waals surface area contributed by atoms with Crippen LogP contribution in [0.5, 0.6) is 0 Å². The summed E-state index contributed by atoms with van der Waals surface area (Å²) in [6.07, 6.45) is 6.89. The zero-order chi connectivity index (χ0) is 17.1. The number of rotatable bonds is 5. The summed E-state index contributed by atoms with van der Waals surface area (Å²) in [6, 6.07) is 0.897. The minimum Gasteiger partial charge on any atom is -0.375 e. The van der Waals surface area contributed by atoms with Gasteiger partial charge < -0.3 is 24.6 Å². The van der Waals surface area contributed by atoms with Crippen LogP contribution in [0.1, 0.15) is 39.0 Å². The Balaban J connectivity index is 1.32. The molecular weight excluding hydrogens is 316 g/mol. The first-order valence-electron chi connectivity index (χ1n) is 10.3. The summed E-state index contributed by atoms with van der Waals surface area (Å²) in [6.45, 7) is 10.0. The van der Waals surface area contributed by atoms with Crippen molar-refractivity contribution in [3.63, 3.8) is 0 Å². The fraction of sp³-hybridized carbons (Fsp3) is 0.947. The van der Waals surface area contributed by atoms with E-state index in [2.05, 4.69) is 22.0 Å². The Morgan fingerprint density at radius 1 is 1.04 bits per heavy atom. The lowest BCUT2D eigenvalue weighted by atomic mass is 10.1. The van der Waals surface area contributed by atoms with E-state index in [1.807, 2.05) is 0 Å². The van der Waals surface area contributed by atoms with E-state index in [-0.39, 0.29) is 12.2 Å². The number of hydrogen-bond donors (Lipinski definition) is 1. The maximum absolute atomic E-state index is 5.99. The molecule has 4 rings (SSSR count). The summed E-state index contributed by atoms with van der Waals surface area (Å²) in [5.41, 5.74) is 0. The van der Waals surface area contributed by atoms with Gasteiger partial charge in [0.15, 0.2) is 5.96 Å². The largest absolute Gasteiger partial charge is 0.375 e. The molecule has 4 fully saturated rings. The highest BCUT2D eigenvalue weighted by Crippen LogP contribution is 2.31. The maximum Gasteiger partial charge on any atom is 0.194 e. The first-order valence-corrected chi connectivity index (χ1v) is 10.3. The van der Waals surface area contributed by atoms with Crippen molar-refractivity contribution in [3.8, 4) is 0 Å². The standard InChI is InChI=1S/C19H34N4O2/c1-2-20-19(21-12-15-7-8-22(13-15)16-5-6-16)23-9-11-25-18(14-23)17-4-3-10-24-17/h15-18H,2-14H2,1H3,(H,20,21). The molecule has 3 saturated heterocycles. The van der Waals surface area contributed by atoms with Crippen molar-refractivity contribution in [2.24, 2.45) is 10.9 Å². The van der Waals surface area contributed by atoms with Gasteiger partial charge in [-0.25, -0.2) is 0 Å². The molecule has 0 aromatic rings. The van der Waals surface area contributed by atoms with Gasteiger partial charge in [-0.3, -0.25) is 4.99 Å². The number of hydrogen-bond acceptors (Lipinski definition) is 4. The van der Waals surface area contributed by atoms with Gasteiger partial charge >= 0.3 is 0 Å². The molecular formula is C19H34N4O2. The molecule has 6 nitrogen and oxygen atoms in total. The van der Waals surface area contributed by atoms with E-state index in [1.165, 1.54) is 32.4 Å². The zero-order valence-corrected chi connectivity index (χ0v) is 15.7. The highest BCUT2D eigenvalue weighted by molar-refractivity contribution is 5.80. The van der Waals surface area contributed by atoms with Crippen molar-refractivity contribution in [2.75, 3.05) is 52.5 Å². The fourth-order valence-electron chi connectivity index (χ4n) is 4.41. The van der Waals surface area contributed by atoms with Crippen LogP contribution >= 0.6 is 0 Å². The molecule has 1 N–H and O–H groups in total. The Hall–Kier alpha value is -0.850. The Labute approximate surface area is 151 Å². The Bertz CT molecular complexity index is 462. The minimum atomic E-state index is 0.192. The molecule has 1 aliphatic carbocycles. The van der Waals surface area contributed by atoms with E-state index < -0.39 is 0 Å². The van der Waals surface area contributed by atoms with E-state index >= 15 is 0 Å². The second-order valence-electron chi connectivity index (χ2n) is 7.98. The molecule has 0 aromatic carbocycles. The summed E-state index contributed by atoms with van der Waals surface area (Å²) in [4.78, 5) is 10.1. The molecule has 3 atom stereocenters. The molecule has 0 amide bonds. The number of nitrogens with zero attached hydrogens (tertiary/aromatic N) is 3. The van der Waals surface area contributed by atoms with Gasteiger partial charge in [0.1, 0.15) is 6.10 Å². The zero-order valence-electron chi connectivity index (χ0n) is 15.7. The summed E-state index contributed by atoms with van der Waals surface area (Å²) < 4.78 is 11.8. The van der Waals surface area contributed by atoms with Crippen LogP contribution in [0.4, 0.5) is 0 Å². The predicted molar refractivity (Wildman–Crippen MR) is 99.0 cm³/mol. The second kappa shape index (κ2) is 8.23. The molecule has 0 spiro atoms. The summed E-state index contributed by atoms with van der Waals surface area (Å²) >= 11 is 0. The van der Waals surface area contributed by atoms with Crippen molar-refractivity contribution in [1.82, 2.24) is 15.1 Å². The molecule has 6 heteroatoms. The van der Waals surface area contributed by atoms with Crippen LogP contribution in [0.2, 0.25) is 0 Å². The third kappa shape index (κ3) is 4.47. The normalized spacial score (nSPS) is 34.7. The third-order valence-electron chi connectivity index (χ3n) is 5.99. The fourth-order valence-corrected chi connectivity index (χ4v) is 4.41. The maximum atomic E-state index is 5.99. The smallest absolute Gasteiger partial charge is 0.194 e. The molecule has 3 aliphatic heterocycles. The first-order chi connectivity index (χ1) is 12.3. The van der Waals surface area contributed by atoms with E-state index in [0.29, 0.717) is 0 Å². The van der Waals surface area contributed by atoms with Crippen LogP contribution in [-0.2, 0) is 9.47 Å². The van der Waals surface area contributed by atoms with E-state index in [0.717, 1.165) is 70.2 Å². The van der Waals surface area contributed by atoms with Crippen LogP contribution in [0.25, 0.3) is 0 Å². The molecule has 4 aliphatic rings. The van der Waals surface area contributed by atoms with E-state index in [4.69, 9.17) is 14.5 Å². The lowest BCUT2D eigenvalue weighted by Gasteiger charge is -2.37. The predicted octanol–water partition coefficient (Wildman–Crippen LogP) is 1.32. The van der Waals surface area contributed by atoms with Crippen molar-refractivity contribution in [3.05, 3.63) is 0 Å². The average Bonchev–Trinajstić information content (AvgIpc) is 3.15. The lowest BCUT2D eigenvalue weighted by molar-refractivity contribution is -0.0817. The van der Waals surface area contributed by atoms with E-state index in [1.54, 1.807) is 0 Å². The van der Waals surface area contributed by atoms with Gasteiger partial charge in [-0.15, -0.1) is 0 Å². The first kappa shape index (κ1) is 17.6. The molecule has 25 heavy (non-hydrogen) atoms. The highest BCUT2D eigenvalue weighted by atomic mass is 16.5. The molecule has 1 saturated carbocycles. The molecule has 3 unspecified atom stereocenters. The van der Waals surface area contributed by atoms with Gasteiger partial charge in [-0.1, -0.05) is 0 Å². The van der Waals surface area contributed by atoms with Crippen LogP contribution in [0, 0.1) is 5.92 Å². The van der Waals surface area contributed by atoms with Gasteiger partial charge in [0.05, 0.1) is 12.7 Å². The molecule has 0 radical (unpaired) electrons. The van der Waals surface area contributed by atoms with Gasteiger partial charge in [0, 0.05) is 45.4 Å². The number of nitrogens with one attached hydrogen (secondary N) is 1. The van der Waals surface area contributed by atoms with Crippen molar-refractivity contribution >= 4 is 5.96 Å². The Morgan fingerprint density at radius 3 is 2.68 bits per heavy atom. The van der Waals surface area contributed by atoms with Gasteiger partial charge in [-0.05, 0) is 51.5 Å². The minimum absolute atomic E-state index is 0.192. The van der Waals surface area contributed by atoms with Gasteiger partial charge in [-0.2, -0.15) is 0 Å². The molecule has 0 bridgehead atoms. The molecule has 3 heterocycles. The molecule has 142 valence electrons. The van der Waals surface area contributed by atoms with Crippen molar-refractivity contribution in [2.45, 2.75) is 57.3 Å². The van der Waals surface area contributed by atoms with Crippen LogP contribution in [-0.4, -0.2) is 86.5 Å². The Kier molecular flexibility index (Phi) is 5.78. The molecule has 0 aromatic heterocycles. The van der Waals surface area contributed by atoms with Crippen LogP contribution in [0.3, 0.4) is 0 Å². The lowest BCUT2D eigenvalue weighted by Crippen LogP contribution is -2.53. The van der Waals surface area contributed by atoms with Crippen molar-refractivity contribution in [1.29, 1.82) is 0 Å². The third-order valence-corrected chi connectivity index (χ3v) is 5.99. The second-order valence-corrected chi connectivity index (χ2v) is 7.98. The van der Waals surface area contributed by atoms with Gasteiger partial charge in [0.2, 0.25) is 0 Å². The van der Waals surface area contributed by atoms with Gasteiger partial charge in [0.25, 0.3) is 0 Å². The summed E-state index contributed by atoms with van der Waals surface area (Å²) in [5, 5.41) is 3.50. The highest BCUT2D eigenvalue weighted by Gasteiger charge is 2.35. The topological polar surface area (TPSA) is 49.3 Å².